The van der Waals surface area contributed by atoms with Gasteiger partial charge >= 0.3 is 0 Å². The van der Waals surface area contributed by atoms with E-state index in [1.807, 2.05) is 37.3 Å². The van der Waals surface area contributed by atoms with Gasteiger partial charge in [0.2, 0.25) is 0 Å². The third-order valence-corrected chi connectivity index (χ3v) is 7.10. The first-order chi connectivity index (χ1) is 14.0. The minimum atomic E-state index is -3.76. The highest BCUT2D eigenvalue weighted by Crippen LogP contribution is 2.48. The Kier molecular flexibility index (Phi) is 6.95. The highest BCUT2D eigenvalue weighted by Gasteiger charge is 2.48. The Hall–Kier alpha value is -1.93. The largest absolute Gasteiger partial charge is 0.396 e. The van der Waals surface area contributed by atoms with Crippen LogP contribution < -0.4 is 4.47 Å². The van der Waals surface area contributed by atoms with Gasteiger partial charge in [-0.2, -0.15) is 0 Å². The lowest BCUT2D eigenvalue weighted by molar-refractivity contribution is -0.0785. The molecule has 0 saturated heterocycles. The molecule has 7 heteroatoms. The van der Waals surface area contributed by atoms with Crippen molar-refractivity contribution in [3.63, 3.8) is 0 Å². The number of unbranched alkanes of at least 4 members (excludes halogenated alkanes) is 2. The third-order valence-electron chi connectivity index (χ3n) is 5.49. The fourth-order valence-electron chi connectivity index (χ4n) is 3.80. The molecule has 0 radical (unpaired) electrons. The van der Waals surface area contributed by atoms with Crippen molar-refractivity contribution in [2.75, 3.05) is 23.4 Å². The number of aliphatic hydroxyl groups is 2. The Morgan fingerprint density at radius 3 is 2.34 bits per heavy atom. The molecule has 0 aliphatic heterocycles. The van der Waals surface area contributed by atoms with Gasteiger partial charge in [0.25, 0.3) is 10.0 Å². The van der Waals surface area contributed by atoms with Gasteiger partial charge in [0.15, 0.2) is 0 Å². The molecular weight excluding hydrogens is 390 g/mol. The highest BCUT2D eigenvalue weighted by atomic mass is 32.2. The highest BCUT2D eigenvalue weighted by molar-refractivity contribution is 7.92. The molecule has 0 amide bonds. The second-order valence-electron chi connectivity index (χ2n) is 7.63. The van der Waals surface area contributed by atoms with Crippen LogP contribution in [0.2, 0.25) is 0 Å². The maximum absolute atomic E-state index is 13.2. The van der Waals surface area contributed by atoms with Crippen LogP contribution in [-0.4, -0.2) is 37.6 Å². The van der Waals surface area contributed by atoms with Gasteiger partial charge in [0, 0.05) is 0 Å². The van der Waals surface area contributed by atoms with Crippen molar-refractivity contribution in [1.82, 2.24) is 0 Å². The monoisotopic (exact) mass is 419 g/mol. The van der Waals surface area contributed by atoms with Crippen LogP contribution in [0.15, 0.2) is 54.6 Å². The van der Waals surface area contributed by atoms with Crippen LogP contribution in [-0.2, 0) is 21.3 Å². The van der Waals surface area contributed by atoms with Gasteiger partial charge in [-0.25, -0.2) is 13.3 Å². The Bertz CT molecular complexity index is 896. The molecule has 0 fully saturated rings. The molecule has 0 bridgehead atoms. The van der Waals surface area contributed by atoms with E-state index < -0.39 is 21.5 Å². The molecule has 0 saturated carbocycles. The van der Waals surface area contributed by atoms with E-state index >= 15 is 0 Å². The van der Waals surface area contributed by atoms with Crippen molar-refractivity contribution >= 4 is 15.7 Å². The lowest BCUT2D eigenvalue weighted by Crippen LogP contribution is -2.42. The number of para-hydroxylation sites is 1. The van der Waals surface area contributed by atoms with Gasteiger partial charge in [-0.1, -0.05) is 62.2 Å². The van der Waals surface area contributed by atoms with E-state index in [9.17, 15) is 18.6 Å². The smallest absolute Gasteiger partial charge is 0.257 e. The van der Waals surface area contributed by atoms with E-state index in [1.165, 1.54) is 0 Å². The second-order valence-corrected chi connectivity index (χ2v) is 9.53. The van der Waals surface area contributed by atoms with Crippen molar-refractivity contribution < 1.29 is 23.5 Å². The van der Waals surface area contributed by atoms with Gasteiger partial charge in [-0.3, -0.25) is 0 Å². The molecule has 1 aliphatic carbocycles. The summed E-state index contributed by atoms with van der Waals surface area (Å²) in [5.74, 6) is -0.0324. The SMILES string of the molecule is CCCCCS(=O)(=O)N(OC1c2ccccc2CC1(CO)CO)c1ccccc1. The molecule has 1 atom stereocenters. The van der Waals surface area contributed by atoms with Crippen LogP contribution in [0, 0.1) is 5.41 Å². The van der Waals surface area contributed by atoms with Crippen molar-refractivity contribution in [3.8, 4) is 0 Å². The molecule has 29 heavy (non-hydrogen) atoms. The minimum Gasteiger partial charge on any atom is -0.396 e. The zero-order chi connectivity index (χ0) is 20.9. The number of anilines is 1. The number of aliphatic hydroxyl groups excluding tert-OH is 2. The van der Waals surface area contributed by atoms with Crippen molar-refractivity contribution in [3.05, 3.63) is 65.7 Å². The summed E-state index contributed by atoms with van der Waals surface area (Å²) < 4.78 is 27.3. The number of nitrogens with zero attached hydrogens (tertiary/aromatic N) is 1. The van der Waals surface area contributed by atoms with E-state index in [-0.39, 0.29) is 19.0 Å². The Labute approximate surface area is 172 Å². The summed E-state index contributed by atoms with van der Waals surface area (Å²) in [5, 5.41) is 20.2. The van der Waals surface area contributed by atoms with E-state index in [4.69, 9.17) is 4.84 Å². The first-order valence-corrected chi connectivity index (χ1v) is 11.6. The molecule has 2 aromatic rings. The van der Waals surface area contributed by atoms with Crippen LogP contribution in [0.5, 0.6) is 0 Å². The lowest BCUT2D eigenvalue weighted by atomic mass is 9.84. The van der Waals surface area contributed by atoms with Gasteiger partial charge in [0.05, 0.1) is 30.1 Å². The fraction of sp³-hybridized carbons (Fsp3) is 0.455. The maximum Gasteiger partial charge on any atom is 0.257 e. The van der Waals surface area contributed by atoms with Crippen LogP contribution in [0.4, 0.5) is 5.69 Å². The van der Waals surface area contributed by atoms with Crippen LogP contribution in [0.3, 0.4) is 0 Å². The van der Waals surface area contributed by atoms with E-state index in [0.717, 1.165) is 28.4 Å². The molecule has 1 aliphatic rings. The zero-order valence-electron chi connectivity index (χ0n) is 16.7. The summed E-state index contributed by atoms with van der Waals surface area (Å²) >= 11 is 0. The number of hydrogen-bond donors (Lipinski definition) is 2. The third kappa shape index (κ3) is 4.48. The average Bonchev–Trinajstić information content (AvgIpc) is 3.06. The molecule has 0 spiro atoms. The van der Waals surface area contributed by atoms with Crippen LogP contribution in [0.1, 0.15) is 43.4 Å². The Morgan fingerprint density at radius 1 is 1.03 bits per heavy atom. The average molecular weight is 420 g/mol. The molecule has 1 unspecified atom stereocenters. The standard InChI is InChI=1S/C22H29NO5S/c1-2-3-9-14-29(26,27)23(19-11-5-4-6-12-19)28-21-20-13-8-7-10-18(20)15-22(21,16-24)17-25/h4-8,10-13,21,24-25H,2-3,9,14-17H2,1H3. The molecule has 2 N–H and O–H groups in total. The molecule has 3 rings (SSSR count). The summed E-state index contributed by atoms with van der Waals surface area (Å²) in [4.78, 5) is 6.14. The quantitative estimate of drug-likeness (QED) is 0.456. The van der Waals surface area contributed by atoms with E-state index in [1.54, 1.807) is 24.3 Å². The maximum atomic E-state index is 13.2. The fourth-order valence-corrected chi connectivity index (χ4v) is 5.19. The number of sulfonamides is 1. The first-order valence-electron chi connectivity index (χ1n) is 10.0. The van der Waals surface area contributed by atoms with Gasteiger partial charge in [-0.15, -0.1) is 4.47 Å². The summed E-state index contributed by atoms with van der Waals surface area (Å²) in [5.41, 5.74) is 1.14. The van der Waals surface area contributed by atoms with E-state index in [0.29, 0.717) is 18.5 Å². The van der Waals surface area contributed by atoms with Gasteiger partial charge in [0.1, 0.15) is 6.10 Å². The Morgan fingerprint density at radius 2 is 1.69 bits per heavy atom. The first kappa shape index (κ1) is 21.8. The summed E-state index contributed by atoms with van der Waals surface area (Å²) in [6.07, 6.45) is 1.90. The molecule has 2 aromatic carbocycles. The number of rotatable bonds is 10. The van der Waals surface area contributed by atoms with Crippen molar-refractivity contribution in [1.29, 1.82) is 0 Å². The van der Waals surface area contributed by atoms with E-state index in [2.05, 4.69) is 0 Å². The van der Waals surface area contributed by atoms with Crippen LogP contribution >= 0.6 is 0 Å². The number of benzene rings is 2. The normalized spacial score (nSPS) is 17.8. The Balaban J connectivity index is 2.00. The lowest BCUT2D eigenvalue weighted by Gasteiger charge is -2.35. The van der Waals surface area contributed by atoms with Gasteiger partial charge in [-0.05, 0) is 36.1 Å². The zero-order valence-corrected chi connectivity index (χ0v) is 17.5. The summed E-state index contributed by atoms with van der Waals surface area (Å²) in [7, 11) is -3.76. The second kappa shape index (κ2) is 9.26. The number of hydrogen-bond acceptors (Lipinski definition) is 5. The molecule has 0 heterocycles. The molecule has 0 aromatic heterocycles. The predicted octanol–water partition coefficient (Wildman–Crippen LogP) is 3.21. The molecular formula is C22H29NO5S. The molecule has 6 nitrogen and oxygen atoms in total. The van der Waals surface area contributed by atoms with Crippen LogP contribution in [0.25, 0.3) is 0 Å². The molecule has 158 valence electrons. The minimum absolute atomic E-state index is 0.0324. The van der Waals surface area contributed by atoms with Crippen molar-refractivity contribution in [2.24, 2.45) is 5.41 Å². The summed E-state index contributed by atoms with van der Waals surface area (Å²) in [6, 6.07) is 16.2. The van der Waals surface area contributed by atoms with Gasteiger partial charge < -0.3 is 10.2 Å². The topological polar surface area (TPSA) is 87.1 Å². The summed E-state index contributed by atoms with van der Waals surface area (Å²) in [6.45, 7) is 1.38. The number of fused-ring (bicyclic) bond motifs is 1. The predicted molar refractivity (Wildman–Crippen MR) is 113 cm³/mol. The van der Waals surface area contributed by atoms with Crippen molar-refractivity contribution in [2.45, 2.75) is 38.7 Å².